The highest BCUT2D eigenvalue weighted by Crippen LogP contribution is 2.38. The molecule has 0 saturated carbocycles. The number of piperidine rings is 1. The fourth-order valence-electron chi connectivity index (χ4n) is 4.77. The third kappa shape index (κ3) is 3.38. The minimum atomic E-state index is -0.691. The number of carbonyl (C=O) groups excluding carboxylic acids is 1. The van der Waals surface area contributed by atoms with Crippen LogP contribution in [0.15, 0.2) is 54.6 Å². The number of amides is 1. The van der Waals surface area contributed by atoms with Crippen molar-refractivity contribution in [2.75, 3.05) is 27.2 Å². The molecule has 2 heterocycles. The molecule has 1 amide bonds. The Kier molecular flexibility index (Phi) is 5.35. The van der Waals surface area contributed by atoms with Gasteiger partial charge < -0.3 is 10.0 Å². The average Bonchev–Trinajstić information content (AvgIpc) is 2.72. The molecule has 5 heteroatoms. The van der Waals surface area contributed by atoms with Crippen LogP contribution >= 0.6 is 0 Å². The van der Waals surface area contributed by atoms with Crippen LogP contribution in [0.5, 0.6) is 0 Å². The molecule has 2 aromatic carbocycles. The number of aromatic nitrogens is 1. The lowest BCUT2D eigenvalue weighted by Gasteiger charge is -2.49. The number of pyridine rings is 1. The number of fused-ring (bicyclic) bond motifs is 1. The molecule has 30 heavy (non-hydrogen) atoms. The maximum absolute atomic E-state index is 13.5. The van der Waals surface area contributed by atoms with E-state index >= 15 is 0 Å². The molecule has 1 aliphatic heterocycles. The molecule has 1 N–H and O–H groups in total. The van der Waals surface area contributed by atoms with Crippen molar-refractivity contribution in [1.29, 1.82) is 0 Å². The molecule has 1 saturated heterocycles. The van der Waals surface area contributed by atoms with E-state index in [4.69, 9.17) is 0 Å². The van der Waals surface area contributed by atoms with Crippen LogP contribution in [0.2, 0.25) is 0 Å². The van der Waals surface area contributed by atoms with Gasteiger partial charge >= 0.3 is 0 Å². The molecule has 0 unspecified atom stereocenters. The number of rotatable bonds is 3. The van der Waals surface area contributed by atoms with Crippen molar-refractivity contribution in [2.24, 2.45) is 0 Å². The van der Waals surface area contributed by atoms with Crippen molar-refractivity contribution in [3.63, 3.8) is 0 Å². The van der Waals surface area contributed by atoms with Gasteiger partial charge in [0.15, 0.2) is 0 Å². The van der Waals surface area contributed by atoms with Gasteiger partial charge in [-0.2, -0.15) is 0 Å². The highest BCUT2D eigenvalue weighted by atomic mass is 16.3. The Morgan fingerprint density at radius 2 is 1.87 bits per heavy atom. The first-order valence-electron chi connectivity index (χ1n) is 10.4. The summed E-state index contributed by atoms with van der Waals surface area (Å²) in [5, 5.41) is 12.1. The second-order valence-corrected chi connectivity index (χ2v) is 8.53. The molecule has 3 aromatic rings. The summed E-state index contributed by atoms with van der Waals surface area (Å²) >= 11 is 0. The zero-order valence-corrected chi connectivity index (χ0v) is 18.1. The van der Waals surface area contributed by atoms with Gasteiger partial charge in [-0.15, -0.1) is 0 Å². The van der Waals surface area contributed by atoms with Crippen molar-refractivity contribution >= 4 is 16.8 Å². The van der Waals surface area contributed by atoms with Crippen molar-refractivity contribution < 1.29 is 9.90 Å². The Morgan fingerprint density at radius 1 is 1.13 bits per heavy atom. The number of aryl methyl sites for hydroxylation is 2. The first-order valence-corrected chi connectivity index (χ1v) is 10.4. The van der Waals surface area contributed by atoms with E-state index in [0.717, 1.165) is 27.7 Å². The predicted octanol–water partition coefficient (Wildman–Crippen LogP) is 3.52. The number of likely N-dealkylation sites (N-methyl/N-ethyl adjacent to an activating group) is 1. The summed E-state index contributed by atoms with van der Waals surface area (Å²) in [5.41, 5.74) is 4.00. The number of hydrogen-bond donors (Lipinski definition) is 1. The standard InChI is InChI=1S/C25H29N3O2/c1-17-10-11-20-21(15-18(2)26-22(20)14-17)24(30)28-13-12-25(27(3)4,23(29)16-28)19-8-6-5-7-9-19/h5-11,14-15,23,29H,12-13,16H2,1-4H3/t23-,25+/m1/s1. The quantitative estimate of drug-likeness (QED) is 0.727. The van der Waals surface area contributed by atoms with Crippen LogP contribution in [-0.4, -0.2) is 59.1 Å². The van der Waals surface area contributed by atoms with Gasteiger partial charge in [0.05, 0.1) is 22.7 Å². The molecule has 0 aliphatic carbocycles. The van der Waals surface area contributed by atoms with E-state index in [2.05, 4.69) is 22.0 Å². The highest BCUT2D eigenvalue weighted by molar-refractivity contribution is 6.06. The second kappa shape index (κ2) is 7.82. The normalized spacial score (nSPS) is 21.9. The fourth-order valence-corrected chi connectivity index (χ4v) is 4.77. The van der Waals surface area contributed by atoms with Crippen molar-refractivity contribution in [2.45, 2.75) is 31.9 Å². The van der Waals surface area contributed by atoms with Crippen LogP contribution in [0.4, 0.5) is 0 Å². The number of carbonyl (C=O) groups is 1. The van der Waals surface area contributed by atoms with E-state index in [9.17, 15) is 9.90 Å². The highest BCUT2D eigenvalue weighted by Gasteiger charge is 2.46. The first-order chi connectivity index (χ1) is 14.3. The van der Waals surface area contributed by atoms with Gasteiger partial charge in [-0.1, -0.05) is 42.5 Å². The van der Waals surface area contributed by atoms with Gasteiger partial charge in [0, 0.05) is 24.2 Å². The number of nitrogens with zero attached hydrogens (tertiary/aromatic N) is 3. The zero-order valence-electron chi connectivity index (χ0n) is 18.1. The number of likely N-dealkylation sites (tertiary alicyclic amines) is 1. The molecule has 1 aliphatic rings. The van der Waals surface area contributed by atoms with Gasteiger partial charge in [0.2, 0.25) is 0 Å². The molecule has 156 valence electrons. The topological polar surface area (TPSA) is 56.7 Å². The minimum absolute atomic E-state index is 0.0474. The SMILES string of the molecule is Cc1ccc2c(C(=O)N3CC[C@@](c4ccccc4)(N(C)C)[C@H](O)C3)cc(C)nc2c1. The first kappa shape index (κ1) is 20.5. The maximum atomic E-state index is 13.5. The Bertz CT molecular complexity index is 1080. The van der Waals surface area contributed by atoms with E-state index in [1.807, 2.05) is 70.4 Å². The number of benzene rings is 2. The molecule has 1 fully saturated rings. The second-order valence-electron chi connectivity index (χ2n) is 8.53. The van der Waals surface area contributed by atoms with Crippen LogP contribution in [0, 0.1) is 13.8 Å². The molecule has 0 spiro atoms. The molecule has 0 bridgehead atoms. The molecule has 4 rings (SSSR count). The smallest absolute Gasteiger partial charge is 0.254 e. The number of hydrogen-bond acceptors (Lipinski definition) is 4. The van der Waals surface area contributed by atoms with Gasteiger partial charge in [0.1, 0.15) is 0 Å². The van der Waals surface area contributed by atoms with E-state index in [1.165, 1.54) is 0 Å². The summed E-state index contributed by atoms with van der Waals surface area (Å²) < 4.78 is 0. The maximum Gasteiger partial charge on any atom is 0.254 e. The van der Waals surface area contributed by atoms with Crippen molar-refractivity contribution in [3.8, 4) is 0 Å². The largest absolute Gasteiger partial charge is 0.389 e. The molecule has 0 radical (unpaired) electrons. The van der Waals surface area contributed by atoms with Crippen LogP contribution in [0.3, 0.4) is 0 Å². The van der Waals surface area contributed by atoms with Crippen LogP contribution < -0.4 is 0 Å². The van der Waals surface area contributed by atoms with E-state index < -0.39 is 11.6 Å². The fraction of sp³-hybridized carbons (Fsp3) is 0.360. The summed E-state index contributed by atoms with van der Waals surface area (Å²) in [6.07, 6.45) is -0.0260. The molecule has 5 nitrogen and oxygen atoms in total. The lowest BCUT2D eigenvalue weighted by atomic mass is 9.77. The van der Waals surface area contributed by atoms with Gasteiger partial charge in [-0.25, -0.2) is 0 Å². The third-order valence-electron chi connectivity index (χ3n) is 6.39. The lowest BCUT2D eigenvalue weighted by molar-refractivity contribution is -0.0611. The van der Waals surface area contributed by atoms with Gasteiger partial charge in [0.25, 0.3) is 5.91 Å². The van der Waals surface area contributed by atoms with E-state index in [1.54, 1.807) is 4.90 Å². The Labute approximate surface area is 178 Å². The lowest BCUT2D eigenvalue weighted by Crippen LogP contribution is -2.60. The minimum Gasteiger partial charge on any atom is -0.389 e. The van der Waals surface area contributed by atoms with E-state index in [0.29, 0.717) is 25.1 Å². The van der Waals surface area contributed by atoms with Crippen LogP contribution in [0.25, 0.3) is 10.9 Å². The van der Waals surface area contributed by atoms with E-state index in [-0.39, 0.29) is 5.91 Å². The summed E-state index contributed by atoms with van der Waals surface area (Å²) in [4.78, 5) is 22.0. The molecular weight excluding hydrogens is 374 g/mol. The van der Waals surface area contributed by atoms with Gasteiger partial charge in [-0.05, 0) is 57.6 Å². The van der Waals surface area contributed by atoms with Crippen molar-refractivity contribution in [3.05, 3.63) is 77.0 Å². The Hall–Kier alpha value is -2.76. The molecule has 1 aromatic heterocycles. The third-order valence-corrected chi connectivity index (χ3v) is 6.39. The van der Waals surface area contributed by atoms with Crippen molar-refractivity contribution in [1.82, 2.24) is 14.8 Å². The molecular formula is C25H29N3O2. The number of aliphatic hydroxyl groups is 1. The predicted molar refractivity (Wildman–Crippen MR) is 120 cm³/mol. The zero-order chi connectivity index (χ0) is 21.5. The van der Waals surface area contributed by atoms with Crippen LogP contribution in [-0.2, 0) is 5.54 Å². The van der Waals surface area contributed by atoms with Crippen LogP contribution in [0.1, 0.15) is 33.6 Å². The number of β-amino-alcohol motifs (C(OH)–C–C–N with tert-alkyl or cyclic N) is 1. The van der Waals surface area contributed by atoms with Gasteiger partial charge in [-0.3, -0.25) is 14.7 Å². The Balaban J connectivity index is 1.67. The molecule has 2 atom stereocenters. The Morgan fingerprint density at radius 3 is 2.53 bits per heavy atom. The monoisotopic (exact) mass is 403 g/mol. The number of aliphatic hydroxyl groups excluding tert-OH is 1. The summed E-state index contributed by atoms with van der Waals surface area (Å²) in [5.74, 6) is -0.0474. The average molecular weight is 404 g/mol. The summed E-state index contributed by atoms with van der Waals surface area (Å²) in [7, 11) is 3.99. The summed E-state index contributed by atoms with van der Waals surface area (Å²) in [6.45, 7) is 4.81. The summed E-state index contributed by atoms with van der Waals surface area (Å²) in [6, 6.07) is 17.9.